The summed E-state index contributed by atoms with van der Waals surface area (Å²) in [5.74, 6) is -0.462. The molecule has 4 nitrogen and oxygen atoms in total. The van der Waals surface area contributed by atoms with E-state index < -0.39 is 5.92 Å². The third-order valence-corrected chi connectivity index (χ3v) is 3.45. The third-order valence-electron chi connectivity index (χ3n) is 3.45. The highest BCUT2D eigenvalue weighted by molar-refractivity contribution is 5.96. The lowest BCUT2D eigenvalue weighted by Gasteiger charge is -2.13. The molecular formula is C17H17NO3. The molecule has 108 valence electrons. The van der Waals surface area contributed by atoms with Crippen molar-refractivity contribution in [2.75, 3.05) is 6.54 Å². The molecule has 4 heteroatoms. The molecule has 0 spiro atoms. The Balaban J connectivity index is 2.18. The quantitative estimate of drug-likeness (QED) is 0.462. The van der Waals surface area contributed by atoms with Gasteiger partial charge in [0.25, 0.3) is 0 Å². The third kappa shape index (κ3) is 4.24. The van der Waals surface area contributed by atoms with Crippen LogP contribution in [0.25, 0.3) is 0 Å². The van der Waals surface area contributed by atoms with Gasteiger partial charge in [0.1, 0.15) is 0 Å². The van der Waals surface area contributed by atoms with Gasteiger partial charge in [0.2, 0.25) is 6.54 Å². The molecule has 2 aromatic carbocycles. The summed E-state index contributed by atoms with van der Waals surface area (Å²) in [6.07, 6.45) is 0.147. The normalized spacial score (nSPS) is 11.9. The second-order valence-corrected chi connectivity index (χ2v) is 5.12. The summed E-state index contributed by atoms with van der Waals surface area (Å²) in [5.41, 5.74) is 2.52. The Morgan fingerprint density at radius 2 is 1.71 bits per heavy atom. The first kappa shape index (κ1) is 14.9. The number of hydrogen-bond acceptors (Lipinski definition) is 3. The van der Waals surface area contributed by atoms with Gasteiger partial charge < -0.3 is 0 Å². The van der Waals surface area contributed by atoms with E-state index in [1.165, 1.54) is 0 Å². The van der Waals surface area contributed by atoms with E-state index in [0.717, 1.165) is 11.1 Å². The van der Waals surface area contributed by atoms with E-state index in [0.29, 0.717) is 5.56 Å². The van der Waals surface area contributed by atoms with E-state index in [1.54, 1.807) is 24.3 Å². The van der Waals surface area contributed by atoms with E-state index in [1.807, 2.05) is 37.3 Å². The summed E-state index contributed by atoms with van der Waals surface area (Å²) in [4.78, 5) is 22.8. The van der Waals surface area contributed by atoms with Crippen molar-refractivity contribution in [1.82, 2.24) is 0 Å². The summed E-state index contributed by atoms with van der Waals surface area (Å²) in [6, 6.07) is 16.4. The summed E-state index contributed by atoms with van der Waals surface area (Å²) >= 11 is 0. The second kappa shape index (κ2) is 6.79. The van der Waals surface area contributed by atoms with Crippen LogP contribution in [0.15, 0.2) is 54.6 Å². The fourth-order valence-electron chi connectivity index (χ4n) is 2.27. The molecule has 1 atom stereocenters. The second-order valence-electron chi connectivity index (χ2n) is 5.12. The molecule has 0 heterocycles. The van der Waals surface area contributed by atoms with Gasteiger partial charge in [-0.15, -0.1) is 0 Å². The first-order valence-electron chi connectivity index (χ1n) is 6.83. The van der Waals surface area contributed by atoms with Crippen LogP contribution in [0.5, 0.6) is 0 Å². The lowest BCUT2D eigenvalue weighted by molar-refractivity contribution is -0.483. The molecule has 0 saturated carbocycles. The maximum atomic E-state index is 12.3. The zero-order valence-electron chi connectivity index (χ0n) is 11.9. The number of rotatable bonds is 6. The highest BCUT2D eigenvalue weighted by Gasteiger charge is 2.22. The molecule has 2 aromatic rings. The lowest BCUT2D eigenvalue weighted by atomic mass is 9.91. The number of Topliss-reactive ketones (excluding diaryl/α,β-unsaturated/α-hetero) is 1. The Morgan fingerprint density at radius 3 is 2.29 bits per heavy atom. The van der Waals surface area contributed by atoms with Crippen LogP contribution in [0, 0.1) is 17.0 Å². The van der Waals surface area contributed by atoms with Gasteiger partial charge in [0, 0.05) is 16.9 Å². The summed E-state index contributed by atoms with van der Waals surface area (Å²) in [5, 5.41) is 10.9. The number of nitro groups is 1. The first-order valence-corrected chi connectivity index (χ1v) is 6.83. The fraction of sp³-hybridized carbons (Fsp3) is 0.235. The van der Waals surface area contributed by atoms with Crippen LogP contribution in [0.1, 0.15) is 33.8 Å². The first-order chi connectivity index (χ1) is 10.1. The van der Waals surface area contributed by atoms with Gasteiger partial charge in [-0.2, -0.15) is 0 Å². The van der Waals surface area contributed by atoms with Crippen LogP contribution < -0.4 is 0 Å². The standard InChI is InChI=1S/C17H17NO3/c1-13-7-9-14(10-8-13)16(12-18(20)21)11-17(19)15-5-3-2-4-6-15/h2-10,16H,11-12H2,1H3/t16-/m1/s1. The smallest absolute Gasteiger partial charge is 0.211 e. The number of benzene rings is 2. The highest BCUT2D eigenvalue weighted by atomic mass is 16.6. The number of nitrogens with zero attached hydrogens (tertiary/aromatic N) is 1. The molecule has 0 aliphatic heterocycles. The van der Waals surface area contributed by atoms with Crippen molar-refractivity contribution in [3.05, 3.63) is 81.4 Å². The molecule has 0 radical (unpaired) electrons. The van der Waals surface area contributed by atoms with Gasteiger partial charge in [0.05, 0.1) is 5.92 Å². The minimum Gasteiger partial charge on any atom is -0.294 e. The largest absolute Gasteiger partial charge is 0.294 e. The van der Waals surface area contributed by atoms with Crippen LogP contribution >= 0.6 is 0 Å². The molecule has 0 aliphatic rings. The number of ketones is 1. The van der Waals surface area contributed by atoms with Crippen molar-refractivity contribution < 1.29 is 9.72 Å². The number of hydrogen-bond donors (Lipinski definition) is 0. The highest BCUT2D eigenvalue weighted by Crippen LogP contribution is 2.22. The molecule has 0 bridgehead atoms. The van der Waals surface area contributed by atoms with Crippen LogP contribution in [0.3, 0.4) is 0 Å². The lowest BCUT2D eigenvalue weighted by Crippen LogP contribution is -2.16. The van der Waals surface area contributed by atoms with Crippen LogP contribution in [-0.4, -0.2) is 17.3 Å². The van der Waals surface area contributed by atoms with Crippen molar-refractivity contribution in [2.24, 2.45) is 0 Å². The van der Waals surface area contributed by atoms with Crippen LogP contribution in [0.4, 0.5) is 0 Å². The predicted octanol–water partition coefficient (Wildman–Crippen LogP) is 3.63. The van der Waals surface area contributed by atoms with Gasteiger partial charge in [-0.25, -0.2) is 0 Å². The number of carbonyl (C=O) groups excluding carboxylic acids is 1. The molecule has 0 aliphatic carbocycles. The average molecular weight is 283 g/mol. The molecule has 0 fully saturated rings. The monoisotopic (exact) mass is 283 g/mol. The van der Waals surface area contributed by atoms with E-state index in [-0.39, 0.29) is 23.7 Å². The average Bonchev–Trinajstić information content (AvgIpc) is 2.48. The summed E-state index contributed by atoms with van der Waals surface area (Å²) in [7, 11) is 0. The van der Waals surface area contributed by atoms with Crippen LogP contribution in [0.2, 0.25) is 0 Å². The molecular weight excluding hydrogens is 266 g/mol. The van der Waals surface area contributed by atoms with Crippen molar-refractivity contribution in [3.63, 3.8) is 0 Å². The fourth-order valence-corrected chi connectivity index (χ4v) is 2.27. The number of carbonyl (C=O) groups is 1. The Labute approximate surface area is 123 Å². The molecule has 0 unspecified atom stereocenters. The molecule has 2 rings (SSSR count). The Hall–Kier alpha value is -2.49. The SMILES string of the molecule is Cc1ccc([C@H](CC(=O)c2ccccc2)C[N+](=O)[O-])cc1. The molecule has 21 heavy (non-hydrogen) atoms. The molecule has 0 aromatic heterocycles. The van der Waals surface area contributed by atoms with Gasteiger partial charge in [0.15, 0.2) is 5.78 Å². The minimum atomic E-state index is -0.395. The Morgan fingerprint density at radius 1 is 1.10 bits per heavy atom. The van der Waals surface area contributed by atoms with Crippen molar-refractivity contribution >= 4 is 5.78 Å². The van der Waals surface area contributed by atoms with E-state index in [2.05, 4.69) is 0 Å². The summed E-state index contributed by atoms with van der Waals surface area (Å²) in [6.45, 7) is 1.73. The topological polar surface area (TPSA) is 60.2 Å². The predicted molar refractivity (Wildman–Crippen MR) is 81.2 cm³/mol. The van der Waals surface area contributed by atoms with Gasteiger partial charge in [-0.3, -0.25) is 14.9 Å². The van der Waals surface area contributed by atoms with Gasteiger partial charge in [-0.1, -0.05) is 60.2 Å². The van der Waals surface area contributed by atoms with Crippen molar-refractivity contribution in [1.29, 1.82) is 0 Å². The number of aryl methyl sites for hydroxylation is 1. The zero-order valence-corrected chi connectivity index (χ0v) is 11.9. The Bertz CT molecular complexity index is 620. The summed E-state index contributed by atoms with van der Waals surface area (Å²) < 4.78 is 0. The minimum absolute atomic E-state index is 0.0666. The van der Waals surface area contributed by atoms with E-state index in [4.69, 9.17) is 0 Å². The maximum absolute atomic E-state index is 12.3. The van der Waals surface area contributed by atoms with Crippen molar-refractivity contribution in [2.45, 2.75) is 19.3 Å². The maximum Gasteiger partial charge on any atom is 0.211 e. The molecule has 0 saturated heterocycles. The Kier molecular flexibility index (Phi) is 4.82. The van der Waals surface area contributed by atoms with Gasteiger partial charge >= 0.3 is 0 Å². The van der Waals surface area contributed by atoms with E-state index in [9.17, 15) is 14.9 Å². The van der Waals surface area contributed by atoms with Crippen LogP contribution in [-0.2, 0) is 0 Å². The molecule has 0 N–H and O–H groups in total. The van der Waals surface area contributed by atoms with Crippen molar-refractivity contribution in [3.8, 4) is 0 Å². The van der Waals surface area contributed by atoms with E-state index >= 15 is 0 Å². The van der Waals surface area contributed by atoms with Gasteiger partial charge in [-0.05, 0) is 12.5 Å². The zero-order chi connectivity index (χ0) is 15.2. The molecule has 0 amide bonds.